The lowest BCUT2D eigenvalue weighted by atomic mass is 9.88. The number of ketones is 1. The van der Waals surface area contributed by atoms with E-state index in [1.165, 1.54) is 6.07 Å². The average Bonchev–Trinajstić information content (AvgIpc) is 2.70. The Hall–Kier alpha value is -2.69. The van der Waals surface area contributed by atoms with Crippen LogP contribution in [0.25, 0.3) is 0 Å². The summed E-state index contributed by atoms with van der Waals surface area (Å²) in [5.74, 6) is 0.431. The van der Waals surface area contributed by atoms with Gasteiger partial charge in [-0.2, -0.15) is 0 Å². The van der Waals surface area contributed by atoms with Gasteiger partial charge in [0.15, 0.2) is 5.78 Å². The summed E-state index contributed by atoms with van der Waals surface area (Å²) in [5, 5.41) is 0. The third-order valence-electron chi connectivity index (χ3n) is 4.99. The number of carbonyl (C=O) groups is 2. The molecule has 1 heterocycles. The van der Waals surface area contributed by atoms with Crippen LogP contribution >= 0.6 is 0 Å². The molecule has 0 N–H and O–H groups in total. The SMILES string of the molecule is Cc1cc(C(=O)C2CCN(C(=O)CCOc3ccccc3)CC2)ccc1F. The molecule has 142 valence electrons. The standard InChI is InChI=1S/C22H24FNO3/c1-16-15-18(7-8-20(16)23)22(26)17-9-12-24(13-10-17)21(25)11-14-27-19-5-3-2-4-6-19/h2-8,15,17H,9-14H2,1H3. The lowest BCUT2D eigenvalue weighted by molar-refractivity contribution is -0.132. The number of piperidine rings is 1. The van der Waals surface area contributed by atoms with Crippen molar-refractivity contribution in [2.45, 2.75) is 26.2 Å². The smallest absolute Gasteiger partial charge is 0.225 e. The summed E-state index contributed by atoms with van der Waals surface area (Å²) in [6.07, 6.45) is 1.60. The van der Waals surface area contributed by atoms with Crippen molar-refractivity contribution in [3.8, 4) is 5.75 Å². The van der Waals surface area contributed by atoms with E-state index in [2.05, 4.69) is 0 Å². The van der Waals surface area contributed by atoms with Crippen molar-refractivity contribution in [3.05, 3.63) is 65.5 Å². The van der Waals surface area contributed by atoms with Crippen molar-refractivity contribution >= 4 is 11.7 Å². The van der Waals surface area contributed by atoms with Crippen LogP contribution in [0.15, 0.2) is 48.5 Å². The number of likely N-dealkylation sites (tertiary alicyclic amines) is 1. The lowest BCUT2D eigenvalue weighted by Gasteiger charge is -2.31. The summed E-state index contributed by atoms with van der Waals surface area (Å²) in [6, 6.07) is 13.9. The number of Topliss-reactive ketones (excluding diaryl/α,β-unsaturated/α-hetero) is 1. The van der Waals surface area contributed by atoms with Crippen LogP contribution in [0.4, 0.5) is 4.39 Å². The number of nitrogens with zero attached hydrogens (tertiary/aromatic N) is 1. The summed E-state index contributed by atoms with van der Waals surface area (Å²) in [7, 11) is 0. The van der Waals surface area contributed by atoms with E-state index in [0.29, 0.717) is 50.1 Å². The monoisotopic (exact) mass is 369 g/mol. The first-order chi connectivity index (χ1) is 13.0. The van der Waals surface area contributed by atoms with Gasteiger partial charge in [-0.1, -0.05) is 18.2 Å². The van der Waals surface area contributed by atoms with Gasteiger partial charge in [0.05, 0.1) is 13.0 Å². The Morgan fingerprint density at radius 3 is 2.48 bits per heavy atom. The number of amides is 1. The van der Waals surface area contributed by atoms with Crippen molar-refractivity contribution in [3.63, 3.8) is 0 Å². The van der Waals surface area contributed by atoms with E-state index in [1.807, 2.05) is 30.3 Å². The molecule has 1 fully saturated rings. The molecule has 1 aliphatic rings. The molecular weight excluding hydrogens is 345 g/mol. The fourth-order valence-electron chi connectivity index (χ4n) is 3.36. The second-order valence-corrected chi connectivity index (χ2v) is 6.89. The fraction of sp³-hybridized carbons (Fsp3) is 0.364. The van der Waals surface area contributed by atoms with Gasteiger partial charge in [0, 0.05) is 24.6 Å². The van der Waals surface area contributed by atoms with Gasteiger partial charge in [-0.3, -0.25) is 9.59 Å². The molecule has 0 atom stereocenters. The maximum Gasteiger partial charge on any atom is 0.225 e. The summed E-state index contributed by atoms with van der Waals surface area (Å²) in [6.45, 7) is 3.14. The first kappa shape index (κ1) is 19.1. The van der Waals surface area contributed by atoms with Gasteiger partial charge in [-0.25, -0.2) is 4.39 Å². The van der Waals surface area contributed by atoms with E-state index in [9.17, 15) is 14.0 Å². The van der Waals surface area contributed by atoms with Gasteiger partial charge in [0.1, 0.15) is 11.6 Å². The number of aryl methyl sites for hydroxylation is 1. The van der Waals surface area contributed by atoms with E-state index >= 15 is 0 Å². The normalized spacial score (nSPS) is 14.8. The molecule has 1 aliphatic heterocycles. The number of benzene rings is 2. The number of para-hydroxylation sites is 1. The highest BCUT2D eigenvalue weighted by molar-refractivity contribution is 5.98. The first-order valence-corrected chi connectivity index (χ1v) is 9.30. The van der Waals surface area contributed by atoms with Crippen LogP contribution in [0.1, 0.15) is 35.2 Å². The molecule has 0 aromatic heterocycles. The quantitative estimate of drug-likeness (QED) is 0.723. The van der Waals surface area contributed by atoms with E-state index in [0.717, 1.165) is 5.75 Å². The average molecular weight is 369 g/mol. The van der Waals surface area contributed by atoms with Gasteiger partial charge >= 0.3 is 0 Å². The predicted molar refractivity (Wildman–Crippen MR) is 101 cm³/mol. The number of carbonyl (C=O) groups excluding carboxylic acids is 2. The van der Waals surface area contributed by atoms with Crippen LogP contribution in [0.2, 0.25) is 0 Å². The largest absolute Gasteiger partial charge is 0.493 e. The highest BCUT2D eigenvalue weighted by Crippen LogP contribution is 2.23. The Bertz CT molecular complexity index is 798. The van der Waals surface area contributed by atoms with E-state index in [1.54, 1.807) is 24.0 Å². The summed E-state index contributed by atoms with van der Waals surface area (Å²) in [5.41, 5.74) is 1.03. The van der Waals surface area contributed by atoms with E-state index < -0.39 is 0 Å². The molecule has 0 unspecified atom stereocenters. The zero-order valence-electron chi connectivity index (χ0n) is 15.5. The van der Waals surface area contributed by atoms with Gasteiger partial charge in [-0.15, -0.1) is 0 Å². The highest BCUT2D eigenvalue weighted by atomic mass is 19.1. The molecule has 0 aliphatic carbocycles. The van der Waals surface area contributed by atoms with Crippen molar-refractivity contribution < 1.29 is 18.7 Å². The van der Waals surface area contributed by atoms with Gasteiger partial charge in [-0.05, 0) is 55.7 Å². The van der Waals surface area contributed by atoms with E-state index in [4.69, 9.17) is 4.74 Å². The van der Waals surface area contributed by atoms with Crippen LogP contribution in [0.3, 0.4) is 0 Å². The molecule has 5 heteroatoms. The van der Waals surface area contributed by atoms with Crippen LogP contribution in [-0.4, -0.2) is 36.3 Å². The number of hydrogen-bond acceptors (Lipinski definition) is 3. The molecule has 0 spiro atoms. The first-order valence-electron chi connectivity index (χ1n) is 9.30. The van der Waals surface area contributed by atoms with Crippen molar-refractivity contribution in [2.75, 3.05) is 19.7 Å². The zero-order valence-corrected chi connectivity index (χ0v) is 15.5. The highest BCUT2D eigenvalue weighted by Gasteiger charge is 2.28. The third-order valence-corrected chi connectivity index (χ3v) is 4.99. The fourth-order valence-corrected chi connectivity index (χ4v) is 3.36. The molecule has 4 nitrogen and oxygen atoms in total. The van der Waals surface area contributed by atoms with Crippen molar-refractivity contribution in [1.82, 2.24) is 4.90 Å². The van der Waals surface area contributed by atoms with Crippen LogP contribution in [0, 0.1) is 18.7 Å². The molecule has 27 heavy (non-hydrogen) atoms. The minimum absolute atomic E-state index is 0.0395. The molecule has 1 amide bonds. The summed E-state index contributed by atoms with van der Waals surface area (Å²) >= 11 is 0. The number of rotatable bonds is 6. The Morgan fingerprint density at radius 2 is 1.81 bits per heavy atom. The van der Waals surface area contributed by atoms with Crippen LogP contribution < -0.4 is 4.74 Å². The predicted octanol–water partition coefficient (Wildman–Crippen LogP) is 4.02. The Labute approximate surface area is 158 Å². The summed E-state index contributed by atoms with van der Waals surface area (Å²) in [4.78, 5) is 26.8. The van der Waals surface area contributed by atoms with Gasteiger partial charge < -0.3 is 9.64 Å². The summed E-state index contributed by atoms with van der Waals surface area (Å²) < 4.78 is 19.0. The topological polar surface area (TPSA) is 46.6 Å². The molecule has 0 bridgehead atoms. The molecule has 2 aromatic rings. The number of halogens is 1. The van der Waals surface area contributed by atoms with Crippen LogP contribution in [-0.2, 0) is 4.79 Å². The molecule has 3 rings (SSSR count). The minimum Gasteiger partial charge on any atom is -0.493 e. The molecular formula is C22H24FNO3. The van der Waals surface area contributed by atoms with Crippen LogP contribution in [0.5, 0.6) is 5.75 Å². The molecule has 1 saturated heterocycles. The second kappa shape index (κ2) is 8.80. The Kier molecular flexibility index (Phi) is 6.22. The number of ether oxygens (including phenoxy) is 1. The number of hydrogen-bond donors (Lipinski definition) is 0. The Morgan fingerprint density at radius 1 is 1.11 bits per heavy atom. The van der Waals surface area contributed by atoms with E-state index in [-0.39, 0.29) is 23.4 Å². The second-order valence-electron chi connectivity index (χ2n) is 6.89. The van der Waals surface area contributed by atoms with Crippen molar-refractivity contribution in [1.29, 1.82) is 0 Å². The van der Waals surface area contributed by atoms with Crippen molar-refractivity contribution in [2.24, 2.45) is 5.92 Å². The third kappa shape index (κ3) is 4.94. The zero-order chi connectivity index (χ0) is 19.2. The molecule has 0 saturated carbocycles. The lowest BCUT2D eigenvalue weighted by Crippen LogP contribution is -2.40. The molecule has 2 aromatic carbocycles. The maximum absolute atomic E-state index is 13.4. The minimum atomic E-state index is -0.301. The van der Waals surface area contributed by atoms with Gasteiger partial charge in [0.25, 0.3) is 0 Å². The Balaban J connectivity index is 1.45. The maximum atomic E-state index is 13.4. The molecule has 0 radical (unpaired) electrons. The van der Waals surface area contributed by atoms with Gasteiger partial charge in [0.2, 0.25) is 5.91 Å².